The standard InChI is InChI=1S/C15H17Cl2N3O/c1-3-7-18-14-9-15(20-13(4-2)19-14)21-12-6-5-10(16)8-11(12)17/h5-6,8-9H,3-4,7H2,1-2H3,(H,18,19,20). The van der Waals surface area contributed by atoms with Gasteiger partial charge in [0.05, 0.1) is 5.02 Å². The van der Waals surface area contributed by atoms with Crippen LogP contribution in [0, 0.1) is 0 Å². The van der Waals surface area contributed by atoms with E-state index in [1.165, 1.54) is 0 Å². The Morgan fingerprint density at radius 2 is 1.95 bits per heavy atom. The number of hydrogen-bond donors (Lipinski definition) is 1. The van der Waals surface area contributed by atoms with Crippen molar-refractivity contribution in [2.45, 2.75) is 26.7 Å². The van der Waals surface area contributed by atoms with Crippen LogP contribution in [0.15, 0.2) is 24.3 Å². The van der Waals surface area contributed by atoms with E-state index in [2.05, 4.69) is 22.2 Å². The van der Waals surface area contributed by atoms with Crippen LogP contribution >= 0.6 is 23.2 Å². The first-order valence-electron chi connectivity index (χ1n) is 6.87. The molecule has 0 atom stereocenters. The highest BCUT2D eigenvalue weighted by molar-refractivity contribution is 6.35. The smallest absolute Gasteiger partial charge is 0.224 e. The third-order valence-corrected chi connectivity index (χ3v) is 3.26. The number of rotatable bonds is 6. The SMILES string of the molecule is CCCNc1cc(Oc2ccc(Cl)cc2Cl)nc(CC)n1. The average Bonchev–Trinajstić information content (AvgIpc) is 2.48. The summed E-state index contributed by atoms with van der Waals surface area (Å²) >= 11 is 12.0. The number of ether oxygens (including phenoxy) is 1. The van der Waals surface area contributed by atoms with E-state index in [0.29, 0.717) is 21.7 Å². The molecule has 21 heavy (non-hydrogen) atoms. The lowest BCUT2D eigenvalue weighted by atomic mass is 10.3. The van der Waals surface area contributed by atoms with Crippen molar-refractivity contribution in [1.29, 1.82) is 0 Å². The van der Waals surface area contributed by atoms with E-state index in [9.17, 15) is 0 Å². The number of aromatic nitrogens is 2. The summed E-state index contributed by atoms with van der Waals surface area (Å²) in [4.78, 5) is 8.77. The number of anilines is 1. The van der Waals surface area contributed by atoms with Crippen LogP contribution in [0.1, 0.15) is 26.1 Å². The maximum absolute atomic E-state index is 6.11. The highest BCUT2D eigenvalue weighted by atomic mass is 35.5. The third kappa shape index (κ3) is 4.48. The molecule has 2 rings (SSSR count). The Morgan fingerprint density at radius 1 is 1.14 bits per heavy atom. The van der Waals surface area contributed by atoms with E-state index in [1.807, 2.05) is 6.92 Å². The van der Waals surface area contributed by atoms with Crippen LogP contribution in [-0.2, 0) is 6.42 Å². The van der Waals surface area contributed by atoms with Gasteiger partial charge in [-0.3, -0.25) is 0 Å². The number of hydrogen-bond acceptors (Lipinski definition) is 4. The molecule has 0 unspecified atom stereocenters. The molecule has 2 aromatic rings. The van der Waals surface area contributed by atoms with Crippen molar-refractivity contribution in [2.24, 2.45) is 0 Å². The lowest BCUT2D eigenvalue weighted by Gasteiger charge is -2.10. The quantitative estimate of drug-likeness (QED) is 0.815. The minimum atomic E-state index is 0.447. The molecule has 1 aromatic carbocycles. The molecule has 0 spiro atoms. The first kappa shape index (κ1) is 15.9. The average molecular weight is 326 g/mol. The predicted octanol–water partition coefficient (Wildman–Crippen LogP) is 4.96. The molecule has 0 amide bonds. The van der Waals surface area contributed by atoms with Gasteiger partial charge in [-0.25, -0.2) is 4.98 Å². The molecule has 0 aliphatic carbocycles. The fourth-order valence-corrected chi connectivity index (χ4v) is 2.14. The molecule has 112 valence electrons. The summed E-state index contributed by atoms with van der Waals surface area (Å²) in [5, 5.41) is 4.24. The minimum absolute atomic E-state index is 0.447. The number of benzene rings is 1. The van der Waals surface area contributed by atoms with Gasteiger partial charge in [0.15, 0.2) is 0 Å². The van der Waals surface area contributed by atoms with E-state index < -0.39 is 0 Å². The lowest BCUT2D eigenvalue weighted by Crippen LogP contribution is -2.05. The lowest BCUT2D eigenvalue weighted by molar-refractivity contribution is 0.459. The fourth-order valence-electron chi connectivity index (χ4n) is 1.70. The molecule has 6 heteroatoms. The Hall–Kier alpha value is -1.52. The predicted molar refractivity (Wildman–Crippen MR) is 86.7 cm³/mol. The van der Waals surface area contributed by atoms with Crippen LogP contribution in [0.25, 0.3) is 0 Å². The summed E-state index contributed by atoms with van der Waals surface area (Å²) < 4.78 is 5.75. The summed E-state index contributed by atoms with van der Waals surface area (Å²) in [7, 11) is 0. The molecule has 1 aromatic heterocycles. The summed E-state index contributed by atoms with van der Waals surface area (Å²) in [6.07, 6.45) is 1.75. The Bertz CT molecular complexity index is 620. The highest BCUT2D eigenvalue weighted by Gasteiger charge is 2.08. The van der Waals surface area contributed by atoms with Crippen molar-refractivity contribution in [1.82, 2.24) is 9.97 Å². The van der Waals surface area contributed by atoms with E-state index in [1.54, 1.807) is 24.3 Å². The van der Waals surface area contributed by atoms with Crippen molar-refractivity contribution >= 4 is 29.0 Å². The van der Waals surface area contributed by atoms with Gasteiger partial charge in [-0.1, -0.05) is 37.0 Å². The zero-order valence-electron chi connectivity index (χ0n) is 12.0. The number of nitrogens with zero attached hydrogens (tertiary/aromatic N) is 2. The van der Waals surface area contributed by atoms with Crippen LogP contribution in [0.2, 0.25) is 10.0 Å². The van der Waals surface area contributed by atoms with Gasteiger partial charge in [-0.15, -0.1) is 0 Å². The van der Waals surface area contributed by atoms with Crippen LogP contribution in [0.5, 0.6) is 11.6 Å². The number of nitrogens with one attached hydrogen (secondary N) is 1. The molecule has 1 N–H and O–H groups in total. The first-order valence-corrected chi connectivity index (χ1v) is 7.62. The van der Waals surface area contributed by atoms with Gasteiger partial charge in [-0.05, 0) is 24.6 Å². The van der Waals surface area contributed by atoms with Gasteiger partial charge in [0.25, 0.3) is 0 Å². The number of aryl methyl sites for hydroxylation is 1. The molecule has 0 aliphatic heterocycles. The molecule has 0 saturated carbocycles. The van der Waals surface area contributed by atoms with Gasteiger partial charge >= 0.3 is 0 Å². The summed E-state index contributed by atoms with van der Waals surface area (Å²) in [5.74, 6) is 2.45. The molecule has 0 bridgehead atoms. The topological polar surface area (TPSA) is 47.0 Å². The first-order chi connectivity index (χ1) is 10.1. The van der Waals surface area contributed by atoms with Crippen LogP contribution < -0.4 is 10.1 Å². The van der Waals surface area contributed by atoms with E-state index in [4.69, 9.17) is 27.9 Å². The Balaban J connectivity index is 2.25. The zero-order chi connectivity index (χ0) is 15.2. The van der Waals surface area contributed by atoms with Crippen molar-refractivity contribution < 1.29 is 4.74 Å². The molecule has 0 aliphatic rings. The molecule has 0 saturated heterocycles. The minimum Gasteiger partial charge on any atom is -0.437 e. The van der Waals surface area contributed by atoms with Crippen LogP contribution in [0.4, 0.5) is 5.82 Å². The number of halogens is 2. The van der Waals surface area contributed by atoms with E-state index in [-0.39, 0.29) is 0 Å². The Kier molecular flexibility index (Phi) is 5.65. The van der Waals surface area contributed by atoms with Crippen LogP contribution in [-0.4, -0.2) is 16.5 Å². The zero-order valence-corrected chi connectivity index (χ0v) is 13.5. The maximum Gasteiger partial charge on any atom is 0.224 e. The van der Waals surface area contributed by atoms with Crippen molar-refractivity contribution in [3.8, 4) is 11.6 Å². The van der Waals surface area contributed by atoms with Crippen molar-refractivity contribution in [2.75, 3.05) is 11.9 Å². The summed E-state index contributed by atoms with van der Waals surface area (Å²) in [6.45, 7) is 4.94. The second-order valence-electron chi connectivity index (χ2n) is 4.46. The fraction of sp³-hybridized carbons (Fsp3) is 0.333. The largest absolute Gasteiger partial charge is 0.437 e. The van der Waals surface area contributed by atoms with Gasteiger partial charge < -0.3 is 10.1 Å². The van der Waals surface area contributed by atoms with E-state index >= 15 is 0 Å². The molecule has 0 radical (unpaired) electrons. The summed E-state index contributed by atoms with van der Waals surface area (Å²) in [5.41, 5.74) is 0. The van der Waals surface area contributed by atoms with Gasteiger partial charge in [-0.2, -0.15) is 4.98 Å². The molecule has 1 heterocycles. The third-order valence-electron chi connectivity index (χ3n) is 2.73. The molecular weight excluding hydrogens is 309 g/mol. The Morgan fingerprint density at radius 3 is 2.62 bits per heavy atom. The molecule has 0 fully saturated rings. The van der Waals surface area contributed by atoms with Crippen LogP contribution in [0.3, 0.4) is 0 Å². The Labute approximate surface area is 134 Å². The molecule has 4 nitrogen and oxygen atoms in total. The normalized spacial score (nSPS) is 10.5. The second-order valence-corrected chi connectivity index (χ2v) is 5.31. The van der Waals surface area contributed by atoms with Gasteiger partial charge in [0, 0.05) is 24.1 Å². The highest BCUT2D eigenvalue weighted by Crippen LogP contribution is 2.31. The van der Waals surface area contributed by atoms with Crippen molar-refractivity contribution in [3.63, 3.8) is 0 Å². The summed E-state index contributed by atoms with van der Waals surface area (Å²) in [6, 6.07) is 6.84. The van der Waals surface area contributed by atoms with Gasteiger partial charge in [0.1, 0.15) is 17.4 Å². The van der Waals surface area contributed by atoms with Gasteiger partial charge in [0.2, 0.25) is 5.88 Å². The molecular formula is C15H17Cl2N3O. The maximum atomic E-state index is 6.11. The second kappa shape index (κ2) is 7.48. The monoisotopic (exact) mass is 325 g/mol. The van der Waals surface area contributed by atoms with Crippen molar-refractivity contribution in [3.05, 3.63) is 40.1 Å². The van der Waals surface area contributed by atoms with E-state index in [0.717, 1.165) is 31.0 Å².